The number of hydrogen-bond donors (Lipinski definition) is 1. The van der Waals surface area contributed by atoms with Crippen molar-refractivity contribution in [2.45, 2.75) is 44.3 Å². The van der Waals surface area contributed by atoms with Gasteiger partial charge in [-0.25, -0.2) is 9.97 Å². The van der Waals surface area contributed by atoms with Crippen LogP contribution in [0.4, 0.5) is 5.82 Å². The van der Waals surface area contributed by atoms with Crippen LogP contribution in [0.5, 0.6) is 0 Å². The first-order chi connectivity index (χ1) is 10.5. The minimum absolute atomic E-state index is 0.00945. The number of aromatic nitrogens is 3. The van der Waals surface area contributed by atoms with E-state index in [1.54, 1.807) is 0 Å². The van der Waals surface area contributed by atoms with E-state index in [0.29, 0.717) is 5.82 Å². The molecule has 2 N–H and O–H groups in total. The van der Waals surface area contributed by atoms with Gasteiger partial charge in [-0.15, -0.1) is 6.58 Å². The highest BCUT2D eigenvalue weighted by Crippen LogP contribution is 2.48. The van der Waals surface area contributed by atoms with Gasteiger partial charge >= 0.3 is 0 Å². The van der Waals surface area contributed by atoms with Crippen LogP contribution in [-0.4, -0.2) is 32.5 Å². The first-order valence-electron chi connectivity index (χ1n) is 7.55. The van der Waals surface area contributed by atoms with Crippen LogP contribution in [0.15, 0.2) is 31.2 Å². The van der Waals surface area contributed by atoms with E-state index < -0.39 is 5.79 Å². The van der Waals surface area contributed by atoms with Gasteiger partial charge in [0.15, 0.2) is 5.79 Å². The predicted octanol–water partition coefficient (Wildman–Crippen LogP) is 2.28. The molecule has 6 nitrogen and oxygen atoms in total. The van der Waals surface area contributed by atoms with Crippen molar-refractivity contribution in [3.05, 3.63) is 31.2 Å². The fourth-order valence-corrected chi connectivity index (χ4v) is 3.75. The lowest BCUT2D eigenvalue weighted by Gasteiger charge is -2.24. The summed E-state index contributed by atoms with van der Waals surface area (Å²) in [6.07, 6.45) is 6.43. The summed E-state index contributed by atoms with van der Waals surface area (Å²) in [4.78, 5) is 8.45. The lowest BCUT2D eigenvalue weighted by atomic mass is 10.1. The molecule has 2 aliphatic rings. The summed E-state index contributed by atoms with van der Waals surface area (Å²) in [6.45, 7) is 7.86. The monoisotopic (exact) mass is 300 g/mol. The predicted molar refractivity (Wildman–Crippen MR) is 83.1 cm³/mol. The van der Waals surface area contributed by atoms with Gasteiger partial charge in [-0.2, -0.15) is 0 Å². The summed E-state index contributed by atoms with van der Waals surface area (Å²) < 4.78 is 14.4. The van der Waals surface area contributed by atoms with Gasteiger partial charge < -0.3 is 19.8 Å². The first kappa shape index (κ1) is 13.7. The van der Waals surface area contributed by atoms with Crippen molar-refractivity contribution in [1.29, 1.82) is 0 Å². The minimum atomic E-state index is -0.563. The summed E-state index contributed by atoms with van der Waals surface area (Å²) in [5.74, 6) is 0.211. The molecule has 2 fully saturated rings. The lowest BCUT2D eigenvalue weighted by molar-refractivity contribution is -0.158. The molecule has 1 saturated heterocycles. The SMILES string of the molecule is C=C[C@H]1C[C@@H](n2ccc3c(N)ncnc32)[C@@H]2OC(C)(C)O[C@@H]21. The van der Waals surface area contributed by atoms with Crippen LogP contribution in [0.3, 0.4) is 0 Å². The van der Waals surface area contributed by atoms with Gasteiger partial charge in [0.2, 0.25) is 0 Å². The van der Waals surface area contributed by atoms with E-state index in [1.807, 2.05) is 32.2 Å². The van der Waals surface area contributed by atoms with E-state index in [9.17, 15) is 0 Å². The molecular weight excluding hydrogens is 280 g/mol. The third-order valence-corrected chi connectivity index (χ3v) is 4.68. The zero-order valence-corrected chi connectivity index (χ0v) is 12.8. The Morgan fingerprint density at radius 1 is 1.36 bits per heavy atom. The number of ether oxygens (including phenoxy) is 2. The van der Waals surface area contributed by atoms with E-state index >= 15 is 0 Å². The van der Waals surface area contributed by atoms with Crippen LogP contribution in [-0.2, 0) is 9.47 Å². The van der Waals surface area contributed by atoms with E-state index in [-0.39, 0.29) is 24.2 Å². The van der Waals surface area contributed by atoms with Crippen LogP contribution in [0, 0.1) is 5.92 Å². The summed E-state index contributed by atoms with van der Waals surface area (Å²) in [5.41, 5.74) is 6.78. The maximum atomic E-state index is 6.15. The quantitative estimate of drug-likeness (QED) is 0.861. The fourth-order valence-electron chi connectivity index (χ4n) is 3.75. The maximum Gasteiger partial charge on any atom is 0.163 e. The Hall–Kier alpha value is -1.92. The third kappa shape index (κ3) is 1.87. The van der Waals surface area contributed by atoms with E-state index in [0.717, 1.165) is 17.5 Å². The van der Waals surface area contributed by atoms with Gasteiger partial charge in [0.25, 0.3) is 0 Å². The van der Waals surface area contributed by atoms with E-state index in [2.05, 4.69) is 21.1 Å². The number of nitrogens with zero attached hydrogens (tertiary/aromatic N) is 3. The van der Waals surface area contributed by atoms with Crippen molar-refractivity contribution < 1.29 is 9.47 Å². The molecule has 2 aromatic heterocycles. The van der Waals surface area contributed by atoms with E-state index in [4.69, 9.17) is 15.2 Å². The third-order valence-electron chi connectivity index (χ3n) is 4.68. The highest BCUT2D eigenvalue weighted by atomic mass is 16.8. The molecule has 0 aromatic carbocycles. The average Bonchev–Trinajstić information content (AvgIpc) is 3.10. The number of nitrogens with two attached hydrogens (primary N) is 1. The Morgan fingerprint density at radius 3 is 2.91 bits per heavy atom. The van der Waals surface area contributed by atoms with E-state index in [1.165, 1.54) is 6.33 Å². The van der Waals surface area contributed by atoms with Crippen molar-refractivity contribution in [2.24, 2.45) is 5.92 Å². The van der Waals surface area contributed by atoms with Crippen LogP contribution in [0.2, 0.25) is 0 Å². The molecule has 4 rings (SSSR count). The molecule has 0 spiro atoms. The van der Waals surface area contributed by atoms with Gasteiger partial charge in [0, 0.05) is 12.1 Å². The second kappa shape index (κ2) is 4.54. The molecule has 6 heteroatoms. The molecule has 2 aromatic rings. The second-order valence-corrected chi connectivity index (χ2v) is 6.49. The summed E-state index contributed by atoms with van der Waals surface area (Å²) in [6, 6.07) is 2.11. The Kier molecular flexibility index (Phi) is 2.83. The summed E-state index contributed by atoms with van der Waals surface area (Å²) >= 11 is 0. The van der Waals surface area contributed by atoms with Crippen molar-refractivity contribution in [3.8, 4) is 0 Å². The fraction of sp³-hybridized carbons (Fsp3) is 0.500. The number of fused-ring (bicyclic) bond motifs is 2. The van der Waals surface area contributed by atoms with Crippen LogP contribution < -0.4 is 5.73 Å². The molecule has 0 bridgehead atoms. The van der Waals surface area contributed by atoms with Gasteiger partial charge in [-0.3, -0.25) is 0 Å². The highest BCUT2D eigenvalue weighted by molar-refractivity contribution is 5.86. The molecule has 116 valence electrons. The van der Waals surface area contributed by atoms with Gasteiger partial charge in [-0.05, 0) is 26.3 Å². The standard InChI is InChI=1S/C16H20N4O2/c1-4-9-7-11(13-12(9)21-16(2,3)22-13)20-6-5-10-14(17)18-8-19-15(10)20/h4-6,8-9,11-13H,1,7H2,2-3H3,(H2,17,18,19)/t9-,11+,12+,13-/m0/s1. The van der Waals surface area contributed by atoms with Crippen molar-refractivity contribution >= 4 is 16.9 Å². The minimum Gasteiger partial charge on any atom is -0.383 e. The van der Waals surface area contributed by atoms with Gasteiger partial charge in [-0.1, -0.05) is 6.08 Å². The summed E-state index contributed by atoms with van der Waals surface area (Å²) in [7, 11) is 0. The lowest BCUT2D eigenvalue weighted by Crippen LogP contribution is -2.27. The molecule has 3 heterocycles. The molecule has 1 saturated carbocycles. The highest BCUT2D eigenvalue weighted by Gasteiger charge is 2.53. The Labute approximate surface area is 128 Å². The second-order valence-electron chi connectivity index (χ2n) is 6.49. The van der Waals surface area contributed by atoms with Crippen LogP contribution in [0.25, 0.3) is 11.0 Å². The van der Waals surface area contributed by atoms with Crippen molar-refractivity contribution in [1.82, 2.24) is 14.5 Å². The largest absolute Gasteiger partial charge is 0.383 e. The Balaban J connectivity index is 1.78. The van der Waals surface area contributed by atoms with Gasteiger partial charge in [0.05, 0.1) is 17.5 Å². The van der Waals surface area contributed by atoms with Gasteiger partial charge in [0.1, 0.15) is 23.9 Å². The maximum absolute atomic E-state index is 6.15. The molecule has 1 aliphatic heterocycles. The molecule has 1 aliphatic carbocycles. The van der Waals surface area contributed by atoms with Crippen LogP contribution in [0.1, 0.15) is 26.3 Å². The smallest absolute Gasteiger partial charge is 0.163 e. The molecule has 0 unspecified atom stereocenters. The summed E-state index contributed by atoms with van der Waals surface area (Å²) in [5, 5.41) is 0.874. The zero-order valence-electron chi connectivity index (χ0n) is 12.8. The molecule has 0 amide bonds. The Morgan fingerprint density at radius 2 is 2.14 bits per heavy atom. The first-order valence-corrected chi connectivity index (χ1v) is 7.55. The zero-order chi connectivity index (χ0) is 15.5. The average molecular weight is 300 g/mol. The van der Waals surface area contributed by atoms with Crippen LogP contribution >= 0.6 is 0 Å². The molecule has 22 heavy (non-hydrogen) atoms. The number of rotatable bonds is 2. The normalized spacial score (nSPS) is 33.2. The Bertz CT molecular complexity index is 739. The topological polar surface area (TPSA) is 75.2 Å². The molecule has 4 atom stereocenters. The number of hydrogen-bond acceptors (Lipinski definition) is 5. The number of nitrogen functional groups attached to an aromatic ring is 1. The molecular formula is C16H20N4O2. The van der Waals surface area contributed by atoms with Crippen molar-refractivity contribution in [3.63, 3.8) is 0 Å². The van der Waals surface area contributed by atoms with Crippen molar-refractivity contribution in [2.75, 3.05) is 5.73 Å². The molecule has 0 radical (unpaired) electrons. The number of anilines is 1.